The molecule has 190 valence electrons. The zero-order chi connectivity index (χ0) is 25.3. The minimum absolute atomic E-state index is 0.126. The predicted molar refractivity (Wildman–Crippen MR) is 147 cm³/mol. The van der Waals surface area contributed by atoms with E-state index in [4.69, 9.17) is 9.47 Å². The fourth-order valence-corrected chi connectivity index (χ4v) is 4.72. The molecule has 2 heterocycles. The molecule has 0 aliphatic heterocycles. The van der Waals surface area contributed by atoms with Crippen LogP contribution in [-0.2, 0) is 9.53 Å². The van der Waals surface area contributed by atoms with Gasteiger partial charge >= 0.3 is 5.97 Å². The van der Waals surface area contributed by atoms with Gasteiger partial charge in [0.15, 0.2) is 0 Å². The van der Waals surface area contributed by atoms with E-state index in [-0.39, 0.29) is 24.2 Å². The molecule has 0 amide bonds. The van der Waals surface area contributed by atoms with Crippen LogP contribution >= 0.6 is 11.3 Å². The van der Waals surface area contributed by atoms with Crippen molar-refractivity contribution in [1.82, 2.24) is 9.88 Å². The summed E-state index contributed by atoms with van der Waals surface area (Å²) in [5.41, 5.74) is 1.76. The lowest BCUT2D eigenvalue weighted by atomic mass is 10.2. The maximum atomic E-state index is 12.0. The van der Waals surface area contributed by atoms with Crippen molar-refractivity contribution in [2.45, 2.75) is 26.7 Å². The third kappa shape index (κ3) is 7.08. The summed E-state index contributed by atoms with van der Waals surface area (Å²) in [6, 6.07) is 17.5. The highest BCUT2D eigenvalue weighted by molar-refractivity contribution is 7.17. The van der Waals surface area contributed by atoms with Gasteiger partial charge in [-0.3, -0.25) is 14.5 Å². The van der Waals surface area contributed by atoms with E-state index in [0.717, 1.165) is 54.8 Å². The van der Waals surface area contributed by atoms with Gasteiger partial charge in [0.2, 0.25) is 5.56 Å². The highest BCUT2D eigenvalue weighted by Gasteiger charge is 2.12. The maximum Gasteiger partial charge on any atom is 0.309 e. The Hall–Kier alpha value is -3.36. The Morgan fingerprint density at radius 3 is 2.81 bits per heavy atom. The number of unbranched alkanes of at least 4 members (excludes halogenated alkanes) is 1. The molecule has 0 spiro atoms. The number of esters is 1. The molecule has 0 fully saturated rings. The van der Waals surface area contributed by atoms with Gasteiger partial charge in [0, 0.05) is 47.5 Å². The Labute approximate surface area is 215 Å². The van der Waals surface area contributed by atoms with Crippen LogP contribution in [0.4, 0.5) is 5.69 Å². The largest absolute Gasteiger partial charge is 0.494 e. The minimum atomic E-state index is -0.186. The summed E-state index contributed by atoms with van der Waals surface area (Å²) in [4.78, 5) is 28.5. The van der Waals surface area contributed by atoms with Crippen molar-refractivity contribution in [2.24, 2.45) is 5.92 Å². The number of nitrogens with one attached hydrogen (secondary N) is 2. The van der Waals surface area contributed by atoms with E-state index < -0.39 is 0 Å². The Morgan fingerprint density at radius 1 is 1.08 bits per heavy atom. The molecule has 36 heavy (non-hydrogen) atoms. The van der Waals surface area contributed by atoms with Gasteiger partial charge < -0.3 is 19.8 Å². The number of benzene rings is 2. The number of hydrogen-bond donors (Lipinski definition) is 2. The number of aromatic nitrogens is 1. The average Bonchev–Trinajstić information content (AvgIpc) is 3.36. The number of anilines is 1. The number of nitrogens with zero attached hydrogens (tertiary/aromatic N) is 1. The quantitative estimate of drug-likeness (QED) is 0.142. The van der Waals surface area contributed by atoms with E-state index in [9.17, 15) is 9.59 Å². The van der Waals surface area contributed by atoms with Crippen molar-refractivity contribution < 1.29 is 14.3 Å². The second-order valence-electron chi connectivity index (χ2n) is 9.06. The lowest BCUT2D eigenvalue weighted by Gasteiger charge is -2.23. The van der Waals surface area contributed by atoms with E-state index in [1.165, 1.54) is 16.2 Å². The minimum Gasteiger partial charge on any atom is -0.494 e. The Kier molecular flexibility index (Phi) is 8.97. The molecular formula is C28H33N3O4S. The first kappa shape index (κ1) is 25.7. The smallest absolute Gasteiger partial charge is 0.309 e. The number of hydrogen-bond acceptors (Lipinski definition) is 7. The van der Waals surface area contributed by atoms with E-state index in [1.807, 2.05) is 32.0 Å². The van der Waals surface area contributed by atoms with Crippen LogP contribution in [0.3, 0.4) is 0 Å². The highest BCUT2D eigenvalue weighted by atomic mass is 32.1. The van der Waals surface area contributed by atoms with Crippen LogP contribution in [0.2, 0.25) is 0 Å². The molecule has 2 aromatic heterocycles. The summed E-state index contributed by atoms with van der Waals surface area (Å²) in [6.07, 6.45) is 1.77. The van der Waals surface area contributed by atoms with Crippen LogP contribution < -0.4 is 15.6 Å². The van der Waals surface area contributed by atoms with Gasteiger partial charge in [0.1, 0.15) is 12.5 Å². The highest BCUT2D eigenvalue weighted by Crippen LogP contribution is 2.27. The van der Waals surface area contributed by atoms with Gasteiger partial charge in [-0.25, -0.2) is 0 Å². The molecule has 4 aromatic rings. The summed E-state index contributed by atoms with van der Waals surface area (Å²) in [5, 5.41) is 7.84. The van der Waals surface area contributed by atoms with Crippen LogP contribution in [0.5, 0.6) is 5.75 Å². The maximum absolute atomic E-state index is 12.0. The van der Waals surface area contributed by atoms with Crippen LogP contribution in [0, 0.1) is 5.92 Å². The second-order valence-corrected chi connectivity index (χ2v) is 10.0. The van der Waals surface area contributed by atoms with Gasteiger partial charge in [-0.15, -0.1) is 11.3 Å². The Bertz CT molecular complexity index is 1350. The molecule has 2 N–H and O–H groups in total. The molecule has 0 radical (unpaired) electrons. The fourth-order valence-electron chi connectivity index (χ4n) is 3.91. The van der Waals surface area contributed by atoms with Crippen molar-refractivity contribution in [1.29, 1.82) is 0 Å². The van der Waals surface area contributed by atoms with Gasteiger partial charge in [0.25, 0.3) is 0 Å². The third-order valence-corrected chi connectivity index (χ3v) is 6.82. The molecular weight excluding hydrogens is 474 g/mol. The van der Waals surface area contributed by atoms with E-state index in [0.29, 0.717) is 6.61 Å². The molecule has 0 bridgehead atoms. The topological polar surface area (TPSA) is 83.7 Å². The lowest BCUT2D eigenvalue weighted by molar-refractivity contribution is -0.152. The van der Waals surface area contributed by atoms with Crippen LogP contribution in [0.1, 0.15) is 26.7 Å². The van der Waals surface area contributed by atoms with Gasteiger partial charge in [-0.05, 0) is 60.0 Å². The summed E-state index contributed by atoms with van der Waals surface area (Å²) in [7, 11) is 0. The Morgan fingerprint density at radius 2 is 1.94 bits per heavy atom. The Balaban J connectivity index is 1.25. The van der Waals surface area contributed by atoms with E-state index in [2.05, 4.69) is 44.8 Å². The average molecular weight is 508 g/mol. The SMILES string of the molecule is CC(C)C(=O)OCN(CCCCOc1ccc2ccc(=O)[nH]c2c1)CCNc1cccc2sccc12. The summed E-state index contributed by atoms with van der Waals surface area (Å²) < 4.78 is 12.7. The number of carbonyl (C=O) groups excluding carboxylic acids is 1. The van der Waals surface area contributed by atoms with Gasteiger partial charge in [0.05, 0.1) is 18.0 Å². The first-order chi connectivity index (χ1) is 17.5. The second kappa shape index (κ2) is 12.6. The number of aromatic amines is 1. The van der Waals surface area contributed by atoms with Crippen molar-refractivity contribution in [3.8, 4) is 5.75 Å². The van der Waals surface area contributed by atoms with E-state index in [1.54, 1.807) is 17.4 Å². The molecule has 0 unspecified atom stereocenters. The number of ether oxygens (including phenoxy) is 2. The molecule has 0 aliphatic carbocycles. The van der Waals surface area contributed by atoms with Gasteiger partial charge in [-0.1, -0.05) is 19.9 Å². The van der Waals surface area contributed by atoms with Crippen LogP contribution in [-0.4, -0.2) is 48.8 Å². The fraction of sp³-hybridized carbons (Fsp3) is 0.357. The molecule has 7 nitrogen and oxygen atoms in total. The zero-order valence-corrected chi connectivity index (χ0v) is 21.6. The third-order valence-electron chi connectivity index (χ3n) is 5.93. The summed E-state index contributed by atoms with van der Waals surface area (Å²) >= 11 is 1.73. The van der Waals surface area contributed by atoms with E-state index >= 15 is 0 Å². The van der Waals surface area contributed by atoms with Crippen molar-refractivity contribution in [3.63, 3.8) is 0 Å². The first-order valence-corrected chi connectivity index (χ1v) is 13.2. The number of carbonyl (C=O) groups is 1. The number of rotatable bonds is 13. The molecule has 4 rings (SSSR count). The number of pyridine rings is 1. The lowest BCUT2D eigenvalue weighted by Crippen LogP contribution is -2.34. The van der Waals surface area contributed by atoms with Crippen LogP contribution in [0.25, 0.3) is 21.0 Å². The number of H-pyrrole nitrogens is 1. The molecule has 0 atom stereocenters. The molecule has 2 aromatic carbocycles. The predicted octanol–water partition coefficient (Wildman–Crippen LogP) is 5.47. The standard InChI is InChI=1S/C28H33N3O4S/c1-20(2)28(33)35-19-31(15-13-29-24-6-5-7-26-23(24)12-17-36-26)14-3-4-16-34-22-10-8-21-9-11-27(32)30-25(21)18-22/h5-12,17-18,20,29H,3-4,13-16,19H2,1-2H3,(H,30,32). The molecule has 8 heteroatoms. The number of thiophene rings is 1. The molecule has 0 saturated heterocycles. The van der Waals surface area contributed by atoms with Crippen molar-refractivity contribution in [2.75, 3.05) is 38.3 Å². The monoisotopic (exact) mass is 507 g/mol. The van der Waals surface area contributed by atoms with Crippen LogP contribution in [0.15, 0.2) is 64.8 Å². The van der Waals surface area contributed by atoms with Crippen molar-refractivity contribution >= 4 is 44.0 Å². The molecule has 0 aliphatic rings. The number of fused-ring (bicyclic) bond motifs is 2. The normalized spacial score (nSPS) is 11.4. The van der Waals surface area contributed by atoms with Crippen molar-refractivity contribution in [3.05, 3.63) is 70.3 Å². The summed E-state index contributed by atoms with van der Waals surface area (Å²) in [5.74, 6) is 0.402. The zero-order valence-electron chi connectivity index (χ0n) is 20.8. The van der Waals surface area contributed by atoms with Gasteiger partial charge in [-0.2, -0.15) is 0 Å². The molecule has 0 saturated carbocycles. The first-order valence-electron chi connectivity index (χ1n) is 12.3. The summed E-state index contributed by atoms with van der Waals surface area (Å²) in [6.45, 7) is 6.83.